The van der Waals surface area contributed by atoms with Crippen LogP contribution in [0.4, 0.5) is 0 Å². The van der Waals surface area contributed by atoms with Gasteiger partial charge >= 0.3 is 0 Å². The molecule has 6 heteroatoms. The molecule has 0 aliphatic rings. The van der Waals surface area contributed by atoms with Crippen molar-refractivity contribution in [2.24, 2.45) is 11.7 Å². The first-order chi connectivity index (χ1) is 3.41. The SMILES string of the molecule is NNCNNNN. The number of hydrogen-bond donors (Lipinski definition) is 6. The Balaban J connectivity index is 2.45. The van der Waals surface area contributed by atoms with Crippen molar-refractivity contribution in [3.63, 3.8) is 0 Å². The van der Waals surface area contributed by atoms with Crippen LogP contribution in [-0.2, 0) is 0 Å². The number of hydrazine groups is 4. The van der Waals surface area contributed by atoms with Crippen LogP contribution in [0.15, 0.2) is 0 Å². The normalized spacial score (nSPS) is 9.43. The van der Waals surface area contributed by atoms with E-state index in [1.165, 1.54) is 0 Å². The molecular formula is CH10N6. The third-order valence-electron chi connectivity index (χ3n) is 0.351. The lowest BCUT2D eigenvalue weighted by molar-refractivity contribution is 0.423. The highest BCUT2D eigenvalue weighted by Crippen LogP contribution is 1.27. The van der Waals surface area contributed by atoms with Crippen LogP contribution >= 0.6 is 0 Å². The molecule has 0 atom stereocenters. The molecule has 8 N–H and O–H groups in total. The summed E-state index contributed by atoms with van der Waals surface area (Å²) in [4.78, 5) is 0. The van der Waals surface area contributed by atoms with Crippen LogP contribution in [0.1, 0.15) is 0 Å². The average Bonchev–Trinajstić information content (AvgIpc) is 1.69. The van der Waals surface area contributed by atoms with Gasteiger partial charge in [-0.05, 0) is 0 Å². The van der Waals surface area contributed by atoms with E-state index < -0.39 is 0 Å². The molecule has 0 aromatic carbocycles. The third-order valence-corrected chi connectivity index (χ3v) is 0.351. The summed E-state index contributed by atoms with van der Waals surface area (Å²) in [6, 6.07) is 0. The van der Waals surface area contributed by atoms with Gasteiger partial charge in [0.15, 0.2) is 0 Å². The van der Waals surface area contributed by atoms with Crippen LogP contribution in [0.25, 0.3) is 0 Å². The zero-order valence-corrected chi connectivity index (χ0v) is 3.86. The Morgan fingerprint density at radius 1 is 1.29 bits per heavy atom. The minimum Gasteiger partial charge on any atom is -0.270 e. The van der Waals surface area contributed by atoms with E-state index in [-0.39, 0.29) is 0 Å². The highest BCUT2D eigenvalue weighted by molar-refractivity contribution is 4.20. The molecule has 0 amide bonds. The molecular weight excluding hydrogens is 96.1 g/mol. The van der Waals surface area contributed by atoms with Crippen LogP contribution in [0, 0.1) is 0 Å². The molecule has 7 heavy (non-hydrogen) atoms. The van der Waals surface area contributed by atoms with Gasteiger partial charge in [-0.3, -0.25) is 11.7 Å². The average molecular weight is 106 g/mol. The maximum Gasteiger partial charge on any atom is 0.0732 e. The highest BCUT2D eigenvalue weighted by Gasteiger charge is 1.71. The van der Waals surface area contributed by atoms with Gasteiger partial charge < -0.3 is 0 Å². The third kappa shape index (κ3) is 5.76. The van der Waals surface area contributed by atoms with Crippen molar-refractivity contribution in [3.05, 3.63) is 0 Å². The largest absolute Gasteiger partial charge is 0.270 e. The maximum atomic E-state index is 4.85. The predicted octanol–water partition coefficient (Wildman–Crippen LogP) is -3.12. The lowest BCUT2D eigenvalue weighted by Crippen LogP contribution is -2.51. The molecule has 0 saturated heterocycles. The Kier molecular flexibility index (Phi) is 5.56. The van der Waals surface area contributed by atoms with Crippen LogP contribution < -0.4 is 33.6 Å². The zero-order valence-electron chi connectivity index (χ0n) is 3.86. The van der Waals surface area contributed by atoms with Crippen molar-refractivity contribution < 1.29 is 0 Å². The molecule has 0 aliphatic heterocycles. The molecule has 0 spiro atoms. The first-order valence-electron chi connectivity index (χ1n) is 1.78. The maximum absolute atomic E-state index is 4.85. The van der Waals surface area contributed by atoms with E-state index in [9.17, 15) is 0 Å². The molecule has 0 bridgehead atoms. The highest BCUT2D eigenvalue weighted by atomic mass is 15.7. The van der Waals surface area contributed by atoms with E-state index in [0.29, 0.717) is 6.67 Å². The van der Waals surface area contributed by atoms with Crippen molar-refractivity contribution >= 4 is 0 Å². The molecule has 0 saturated carbocycles. The lowest BCUT2D eigenvalue weighted by Gasteiger charge is -2.01. The van der Waals surface area contributed by atoms with E-state index in [1.807, 2.05) is 0 Å². The molecule has 0 aliphatic carbocycles. The minimum atomic E-state index is 0.449. The smallest absolute Gasteiger partial charge is 0.0732 e. The lowest BCUT2D eigenvalue weighted by atomic mass is 11.2. The number of nitrogens with one attached hydrogen (secondary N) is 4. The summed E-state index contributed by atoms with van der Waals surface area (Å²) in [5.74, 6) is 9.63. The summed E-state index contributed by atoms with van der Waals surface area (Å²) >= 11 is 0. The van der Waals surface area contributed by atoms with Crippen molar-refractivity contribution in [1.82, 2.24) is 21.9 Å². The van der Waals surface area contributed by atoms with E-state index >= 15 is 0 Å². The number of nitrogens with two attached hydrogens (primary N) is 2. The quantitative estimate of drug-likeness (QED) is 0.0981. The van der Waals surface area contributed by atoms with Crippen molar-refractivity contribution in [2.75, 3.05) is 6.67 Å². The number of rotatable bonds is 4. The summed E-state index contributed by atoms with van der Waals surface area (Å²) in [5.41, 5.74) is 9.43. The van der Waals surface area contributed by atoms with E-state index in [2.05, 4.69) is 21.9 Å². The molecule has 44 valence electrons. The Labute approximate surface area is 41.5 Å². The molecule has 0 heterocycles. The predicted molar refractivity (Wildman–Crippen MR) is 25.8 cm³/mol. The first-order valence-corrected chi connectivity index (χ1v) is 1.78. The van der Waals surface area contributed by atoms with Gasteiger partial charge in [0.05, 0.1) is 6.67 Å². The van der Waals surface area contributed by atoms with Gasteiger partial charge in [0.2, 0.25) is 0 Å². The number of hydrogen-bond acceptors (Lipinski definition) is 6. The van der Waals surface area contributed by atoms with Gasteiger partial charge in [0.25, 0.3) is 0 Å². The van der Waals surface area contributed by atoms with E-state index in [4.69, 9.17) is 11.7 Å². The van der Waals surface area contributed by atoms with Crippen molar-refractivity contribution in [3.8, 4) is 0 Å². The topological polar surface area (TPSA) is 100 Å². The molecule has 0 aromatic heterocycles. The fourth-order valence-corrected chi connectivity index (χ4v) is 0.146. The minimum absolute atomic E-state index is 0.449. The Hall–Kier alpha value is -0.240. The van der Waals surface area contributed by atoms with Gasteiger partial charge in [-0.1, -0.05) is 0 Å². The molecule has 0 aromatic rings. The monoisotopic (exact) mass is 106 g/mol. The fourth-order valence-electron chi connectivity index (χ4n) is 0.146. The fraction of sp³-hybridized carbons (Fsp3) is 1.00. The van der Waals surface area contributed by atoms with E-state index in [1.54, 1.807) is 0 Å². The van der Waals surface area contributed by atoms with Crippen LogP contribution in [0.3, 0.4) is 0 Å². The van der Waals surface area contributed by atoms with Crippen molar-refractivity contribution in [1.29, 1.82) is 0 Å². The van der Waals surface area contributed by atoms with Crippen LogP contribution in [-0.4, -0.2) is 6.67 Å². The van der Waals surface area contributed by atoms with Gasteiger partial charge in [-0.15, -0.1) is 0 Å². The Bertz CT molecular complexity index is 23.4. The molecule has 0 fully saturated rings. The van der Waals surface area contributed by atoms with Gasteiger partial charge in [-0.25, -0.2) is 10.9 Å². The second-order valence-corrected chi connectivity index (χ2v) is 0.827. The summed E-state index contributed by atoms with van der Waals surface area (Å²) in [6.45, 7) is 0.449. The Morgan fingerprint density at radius 2 is 2.00 bits per heavy atom. The molecule has 0 rings (SSSR count). The van der Waals surface area contributed by atoms with E-state index in [0.717, 1.165) is 0 Å². The molecule has 0 unspecified atom stereocenters. The summed E-state index contributed by atoms with van der Waals surface area (Å²) in [6.07, 6.45) is 0. The van der Waals surface area contributed by atoms with Gasteiger partial charge in [-0.2, -0.15) is 11.1 Å². The Morgan fingerprint density at radius 3 is 2.43 bits per heavy atom. The first kappa shape index (κ1) is 6.76. The molecule has 6 nitrogen and oxygen atoms in total. The van der Waals surface area contributed by atoms with Gasteiger partial charge in [0.1, 0.15) is 0 Å². The second kappa shape index (κ2) is 5.76. The van der Waals surface area contributed by atoms with Crippen molar-refractivity contribution in [2.45, 2.75) is 0 Å². The summed E-state index contributed by atoms with van der Waals surface area (Å²) in [5, 5.41) is 0. The summed E-state index contributed by atoms with van der Waals surface area (Å²) < 4.78 is 0. The second-order valence-electron chi connectivity index (χ2n) is 0.827. The standard InChI is InChI=1S/CH10N6/c2-4-1-5-7-6-3/h4-7H,1-3H2. The zero-order chi connectivity index (χ0) is 5.54. The van der Waals surface area contributed by atoms with Crippen LogP contribution in [0.5, 0.6) is 0 Å². The van der Waals surface area contributed by atoms with Gasteiger partial charge in [0, 0.05) is 0 Å². The van der Waals surface area contributed by atoms with Crippen LogP contribution in [0.2, 0.25) is 0 Å². The molecule has 0 radical (unpaired) electrons. The summed E-state index contributed by atoms with van der Waals surface area (Å²) in [7, 11) is 0.